The number of carbonyl (C=O) groups is 2. The molecule has 328 valence electrons. The van der Waals surface area contributed by atoms with Crippen molar-refractivity contribution in [2.24, 2.45) is 5.41 Å². The minimum Gasteiger partial charge on any atom is -0.465 e. The molecular weight excluding hydrogens is 683 g/mol. The van der Waals surface area contributed by atoms with E-state index in [1.807, 2.05) is 0 Å². The standard InChI is InChI=1S/C49H97NO5/c1-6-9-12-15-18-21-25-31-38-47(52)54-45-49(4,5)40-33-28-35-42-50(43-44-51)41-34-27-22-26-32-39-48(53)55-46(36-29-23-19-16-13-10-7-2)37-30-24-20-17-14-11-8-3/h46,51H,6-45H2,1-5H3. The Morgan fingerprint density at radius 2 is 0.873 bits per heavy atom. The molecule has 0 aromatic heterocycles. The molecule has 6 heteroatoms. The third-order valence-electron chi connectivity index (χ3n) is 11.5. The number of aliphatic hydroxyl groups is 1. The van der Waals surface area contributed by atoms with Gasteiger partial charge in [-0.3, -0.25) is 9.59 Å². The van der Waals surface area contributed by atoms with Crippen LogP contribution in [0.15, 0.2) is 0 Å². The van der Waals surface area contributed by atoms with E-state index >= 15 is 0 Å². The molecule has 0 aliphatic rings. The third-order valence-corrected chi connectivity index (χ3v) is 11.5. The molecule has 0 heterocycles. The Morgan fingerprint density at radius 3 is 1.33 bits per heavy atom. The molecule has 0 amide bonds. The molecule has 0 aliphatic heterocycles. The van der Waals surface area contributed by atoms with E-state index in [4.69, 9.17) is 9.47 Å². The molecule has 0 fully saturated rings. The van der Waals surface area contributed by atoms with Crippen molar-refractivity contribution in [3.05, 3.63) is 0 Å². The highest BCUT2D eigenvalue weighted by Gasteiger charge is 2.20. The van der Waals surface area contributed by atoms with E-state index in [1.165, 1.54) is 135 Å². The van der Waals surface area contributed by atoms with Gasteiger partial charge in [-0.2, -0.15) is 0 Å². The van der Waals surface area contributed by atoms with Crippen LogP contribution in [0.1, 0.15) is 259 Å². The molecule has 0 aliphatic carbocycles. The Kier molecular flexibility index (Phi) is 40.2. The van der Waals surface area contributed by atoms with E-state index in [2.05, 4.69) is 39.5 Å². The van der Waals surface area contributed by atoms with E-state index in [1.54, 1.807) is 0 Å². The van der Waals surface area contributed by atoms with Gasteiger partial charge in [0.05, 0.1) is 13.2 Å². The lowest BCUT2D eigenvalue weighted by Gasteiger charge is -2.25. The van der Waals surface area contributed by atoms with Gasteiger partial charge in [-0.05, 0) is 76.3 Å². The number of esters is 2. The van der Waals surface area contributed by atoms with E-state index in [-0.39, 0.29) is 30.1 Å². The number of hydrogen-bond donors (Lipinski definition) is 1. The summed E-state index contributed by atoms with van der Waals surface area (Å²) in [4.78, 5) is 27.5. The third kappa shape index (κ3) is 39.5. The summed E-state index contributed by atoms with van der Waals surface area (Å²) < 4.78 is 11.7. The fourth-order valence-corrected chi connectivity index (χ4v) is 7.72. The summed E-state index contributed by atoms with van der Waals surface area (Å²) in [7, 11) is 0. The Balaban J connectivity index is 4.13. The smallest absolute Gasteiger partial charge is 0.306 e. The molecule has 0 atom stereocenters. The van der Waals surface area contributed by atoms with Gasteiger partial charge in [0.25, 0.3) is 0 Å². The summed E-state index contributed by atoms with van der Waals surface area (Å²) in [6, 6.07) is 0. The van der Waals surface area contributed by atoms with Crippen molar-refractivity contribution in [1.82, 2.24) is 4.90 Å². The van der Waals surface area contributed by atoms with Crippen LogP contribution in [-0.2, 0) is 19.1 Å². The number of unbranched alkanes of at least 4 members (excludes halogenated alkanes) is 25. The minimum atomic E-state index is -0.0342. The van der Waals surface area contributed by atoms with E-state index in [0.29, 0.717) is 19.4 Å². The highest BCUT2D eigenvalue weighted by Crippen LogP contribution is 2.25. The summed E-state index contributed by atoms with van der Waals surface area (Å²) in [6.45, 7) is 14.7. The summed E-state index contributed by atoms with van der Waals surface area (Å²) >= 11 is 0. The first-order valence-electron chi connectivity index (χ1n) is 24.5. The van der Waals surface area contributed by atoms with Crippen LogP contribution >= 0.6 is 0 Å². The van der Waals surface area contributed by atoms with E-state index < -0.39 is 0 Å². The number of nitrogens with zero attached hydrogens (tertiary/aromatic N) is 1. The van der Waals surface area contributed by atoms with E-state index in [9.17, 15) is 14.7 Å². The van der Waals surface area contributed by atoms with Gasteiger partial charge in [0.2, 0.25) is 0 Å². The van der Waals surface area contributed by atoms with Crippen molar-refractivity contribution in [2.75, 3.05) is 32.8 Å². The lowest BCUT2D eigenvalue weighted by molar-refractivity contribution is -0.150. The second-order valence-corrected chi connectivity index (χ2v) is 17.9. The monoisotopic (exact) mass is 780 g/mol. The van der Waals surface area contributed by atoms with Gasteiger partial charge < -0.3 is 19.5 Å². The highest BCUT2D eigenvalue weighted by atomic mass is 16.5. The van der Waals surface area contributed by atoms with Gasteiger partial charge in [-0.25, -0.2) is 0 Å². The van der Waals surface area contributed by atoms with Gasteiger partial charge >= 0.3 is 11.9 Å². The Bertz CT molecular complexity index is 799. The van der Waals surface area contributed by atoms with Crippen molar-refractivity contribution in [2.45, 2.75) is 265 Å². The SMILES string of the molecule is CCCCCCCCCCC(=O)OCC(C)(C)CCCCCN(CCO)CCCCCCCC(=O)OC(CCCCCCCCC)CCCCCCCCC. The lowest BCUT2D eigenvalue weighted by atomic mass is 9.88. The predicted octanol–water partition coefficient (Wildman–Crippen LogP) is 14.5. The number of hydrogen-bond acceptors (Lipinski definition) is 6. The maximum atomic E-state index is 12.8. The molecule has 0 aromatic rings. The summed E-state index contributed by atoms with van der Waals surface area (Å²) in [6.07, 6.45) is 41.4. The first-order valence-corrected chi connectivity index (χ1v) is 24.5. The number of rotatable bonds is 44. The Labute approximate surface area is 343 Å². The molecule has 0 saturated carbocycles. The van der Waals surface area contributed by atoms with Gasteiger partial charge in [-0.15, -0.1) is 0 Å². The van der Waals surface area contributed by atoms with Crippen LogP contribution in [0.2, 0.25) is 0 Å². The summed E-state index contributed by atoms with van der Waals surface area (Å²) in [5, 5.41) is 9.63. The fourth-order valence-electron chi connectivity index (χ4n) is 7.72. The molecule has 6 nitrogen and oxygen atoms in total. The first kappa shape index (κ1) is 53.9. The number of ether oxygens (including phenoxy) is 2. The molecule has 0 radical (unpaired) electrons. The van der Waals surface area contributed by atoms with Crippen LogP contribution in [-0.4, -0.2) is 60.9 Å². The van der Waals surface area contributed by atoms with Gasteiger partial charge in [-0.1, -0.05) is 189 Å². The van der Waals surface area contributed by atoms with Crippen LogP contribution < -0.4 is 0 Å². The van der Waals surface area contributed by atoms with Crippen LogP contribution in [0.4, 0.5) is 0 Å². The van der Waals surface area contributed by atoms with E-state index in [0.717, 1.165) is 96.7 Å². The quantitative estimate of drug-likeness (QED) is 0.0490. The average molecular weight is 780 g/mol. The molecule has 0 aromatic carbocycles. The van der Waals surface area contributed by atoms with Crippen LogP contribution in [0, 0.1) is 5.41 Å². The highest BCUT2D eigenvalue weighted by molar-refractivity contribution is 5.69. The van der Waals surface area contributed by atoms with Crippen molar-refractivity contribution in [3.8, 4) is 0 Å². The molecule has 0 bridgehead atoms. The minimum absolute atomic E-state index is 0.0125. The zero-order chi connectivity index (χ0) is 40.5. The Morgan fingerprint density at radius 1 is 0.491 bits per heavy atom. The largest absolute Gasteiger partial charge is 0.465 e. The molecule has 0 unspecified atom stereocenters. The van der Waals surface area contributed by atoms with Crippen molar-refractivity contribution in [3.63, 3.8) is 0 Å². The molecule has 55 heavy (non-hydrogen) atoms. The molecular formula is C49H97NO5. The second-order valence-electron chi connectivity index (χ2n) is 17.9. The van der Waals surface area contributed by atoms with Gasteiger partial charge in [0, 0.05) is 19.4 Å². The number of aliphatic hydroxyl groups excluding tert-OH is 1. The zero-order valence-electron chi connectivity index (χ0n) is 37.9. The Hall–Kier alpha value is -1.14. The van der Waals surface area contributed by atoms with Crippen molar-refractivity contribution in [1.29, 1.82) is 0 Å². The van der Waals surface area contributed by atoms with Crippen LogP contribution in [0.3, 0.4) is 0 Å². The topological polar surface area (TPSA) is 76.1 Å². The molecule has 0 rings (SSSR count). The normalized spacial score (nSPS) is 11.9. The van der Waals surface area contributed by atoms with Gasteiger partial charge in [0.15, 0.2) is 0 Å². The summed E-state index contributed by atoms with van der Waals surface area (Å²) in [5.74, 6) is -0.0171. The predicted molar refractivity (Wildman–Crippen MR) is 237 cm³/mol. The molecule has 1 N–H and O–H groups in total. The maximum absolute atomic E-state index is 12.8. The van der Waals surface area contributed by atoms with Gasteiger partial charge in [0.1, 0.15) is 6.10 Å². The fraction of sp³-hybridized carbons (Fsp3) is 0.959. The van der Waals surface area contributed by atoms with Crippen molar-refractivity contribution >= 4 is 11.9 Å². The molecule has 0 spiro atoms. The zero-order valence-corrected chi connectivity index (χ0v) is 37.9. The maximum Gasteiger partial charge on any atom is 0.306 e. The second kappa shape index (κ2) is 41.0. The summed E-state index contributed by atoms with van der Waals surface area (Å²) in [5.41, 5.74) is 0.0125. The number of carbonyl (C=O) groups excluding carboxylic acids is 2. The van der Waals surface area contributed by atoms with Crippen LogP contribution in [0.25, 0.3) is 0 Å². The lowest BCUT2D eigenvalue weighted by Crippen LogP contribution is -2.29. The van der Waals surface area contributed by atoms with Crippen molar-refractivity contribution < 1.29 is 24.2 Å². The average Bonchev–Trinajstić information content (AvgIpc) is 3.16. The first-order chi connectivity index (χ1) is 26.8. The van der Waals surface area contributed by atoms with Crippen LogP contribution in [0.5, 0.6) is 0 Å². The molecule has 0 saturated heterocycles.